The van der Waals surface area contributed by atoms with Gasteiger partial charge in [-0.2, -0.15) is 0 Å². The van der Waals surface area contributed by atoms with Crippen molar-refractivity contribution in [2.24, 2.45) is 28.2 Å². The molecule has 13 nitrogen and oxygen atoms in total. The van der Waals surface area contributed by atoms with Crippen molar-refractivity contribution in [1.82, 2.24) is 20.0 Å². The minimum absolute atomic E-state index is 0.0182. The molecule has 0 saturated carbocycles. The van der Waals surface area contributed by atoms with E-state index in [0.717, 1.165) is 10.6 Å². The highest BCUT2D eigenvalue weighted by Gasteiger charge is 2.41. The molecule has 324 valence electrons. The molecule has 3 rings (SSSR count). The van der Waals surface area contributed by atoms with Crippen molar-refractivity contribution >= 4 is 46.4 Å². The monoisotopic (exact) mass is 827 g/mol. The smallest absolute Gasteiger partial charge is 0.328 e. The molecule has 1 aromatic carbocycles. The molecule has 0 aliphatic carbocycles. The van der Waals surface area contributed by atoms with Crippen LogP contribution in [0.25, 0.3) is 0 Å². The van der Waals surface area contributed by atoms with Crippen LogP contribution in [0.3, 0.4) is 0 Å². The lowest BCUT2D eigenvalue weighted by Crippen LogP contribution is -2.59. The van der Waals surface area contributed by atoms with Crippen LogP contribution in [0, 0.1) is 23.2 Å². The number of rotatable bonds is 5. The SMILES string of the molecule is CC[C@H](C)C1C(=O)N(C)[C@@H](C)C(=O)O[C@H](C(C)(C)C)C[C@@H](C)C[C@H](O)[C@@H](C)C2=N[C@@H](/C=C(\C)C(=O)N[C@@H](Cc3ccc(OC)cc3)C(=O)N(C)[C@@H](C)C(=O)N1C)CS2. The summed E-state index contributed by atoms with van der Waals surface area (Å²) in [5, 5.41) is 15.1. The predicted molar refractivity (Wildman–Crippen MR) is 229 cm³/mol. The van der Waals surface area contributed by atoms with Crippen LogP contribution in [0.2, 0.25) is 0 Å². The number of methoxy groups -OCH3 is 1. The highest BCUT2D eigenvalue weighted by atomic mass is 32.2. The Hall–Kier alpha value is -3.91. The molecule has 1 unspecified atom stereocenters. The van der Waals surface area contributed by atoms with Crippen LogP contribution >= 0.6 is 11.8 Å². The zero-order valence-corrected chi connectivity index (χ0v) is 38.0. The maximum absolute atomic E-state index is 14.3. The lowest BCUT2D eigenvalue weighted by Gasteiger charge is -2.39. The number of benzene rings is 1. The molecule has 14 heteroatoms. The first-order valence-corrected chi connectivity index (χ1v) is 21.5. The second-order valence-electron chi connectivity index (χ2n) is 17.5. The number of nitrogens with zero attached hydrogens (tertiary/aromatic N) is 4. The second-order valence-corrected chi connectivity index (χ2v) is 18.6. The minimum Gasteiger partial charge on any atom is -0.497 e. The van der Waals surface area contributed by atoms with Gasteiger partial charge in [0.2, 0.25) is 23.6 Å². The first kappa shape index (κ1) is 48.5. The average molecular weight is 828 g/mol. The van der Waals surface area contributed by atoms with Crippen molar-refractivity contribution in [3.05, 3.63) is 41.5 Å². The third kappa shape index (κ3) is 12.3. The summed E-state index contributed by atoms with van der Waals surface area (Å²) in [5.41, 5.74) is 0.726. The van der Waals surface area contributed by atoms with Crippen LogP contribution < -0.4 is 10.1 Å². The summed E-state index contributed by atoms with van der Waals surface area (Å²) >= 11 is 1.55. The molecule has 0 radical (unpaired) electrons. The molecular weight excluding hydrogens is 759 g/mol. The molecule has 2 N–H and O–H groups in total. The highest BCUT2D eigenvalue weighted by Crippen LogP contribution is 2.33. The minimum atomic E-state index is -1.04. The molecule has 0 fully saturated rings. The number of nitrogens with one attached hydrogen (secondary N) is 1. The van der Waals surface area contributed by atoms with Gasteiger partial charge in [-0.3, -0.25) is 24.2 Å². The molecule has 2 aliphatic heterocycles. The highest BCUT2D eigenvalue weighted by molar-refractivity contribution is 8.14. The van der Waals surface area contributed by atoms with E-state index in [1.165, 1.54) is 28.8 Å². The zero-order valence-electron chi connectivity index (χ0n) is 37.2. The third-order valence-electron chi connectivity index (χ3n) is 11.9. The Balaban J connectivity index is 2.08. The Kier molecular flexibility index (Phi) is 17.4. The number of cyclic esters (lactones) is 1. The summed E-state index contributed by atoms with van der Waals surface area (Å²) in [4.78, 5) is 79.3. The maximum Gasteiger partial charge on any atom is 0.328 e. The van der Waals surface area contributed by atoms with Gasteiger partial charge in [0.05, 0.1) is 24.3 Å². The molecule has 58 heavy (non-hydrogen) atoms. The number of carbonyl (C=O) groups excluding carboxylic acids is 5. The summed E-state index contributed by atoms with van der Waals surface area (Å²) in [7, 11) is 6.16. The Bertz CT molecular complexity index is 1680. The van der Waals surface area contributed by atoms with Gasteiger partial charge in [0.15, 0.2) is 0 Å². The molecule has 2 heterocycles. The van der Waals surface area contributed by atoms with Crippen LogP contribution in [0.4, 0.5) is 0 Å². The topological polar surface area (TPSA) is 158 Å². The summed E-state index contributed by atoms with van der Waals surface area (Å²) in [6.07, 6.45) is 2.23. The number of likely N-dealkylation sites (N-methyl/N-ethyl adjacent to an activating group) is 3. The Labute approximate surface area is 350 Å². The Morgan fingerprint density at radius 3 is 2.10 bits per heavy atom. The molecule has 10 atom stereocenters. The van der Waals surface area contributed by atoms with E-state index >= 15 is 0 Å². The summed E-state index contributed by atoms with van der Waals surface area (Å²) in [5.74, 6) is -1.72. The van der Waals surface area contributed by atoms with Crippen molar-refractivity contribution < 1.29 is 38.6 Å². The number of amides is 4. The normalized spacial score (nSPS) is 31.1. The van der Waals surface area contributed by atoms with Gasteiger partial charge in [0, 0.05) is 44.8 Å². The van der Waals surface area contributed by atoms with Gasteiger partial charge in [0.1, 0.15) is 36.0 Å². The number of esters is 1. The largest absolute Gasteiger partial charge is 0.497 e. The van der Waals surface area contributed by atoms with Crippen molar-refractivity contribution in [1.29, 1.82) is 0 Å². The quantitative estimate of drug-likeness (QED) is 0.384. The van der Waals surface area contributed by atoms with E-state index < -0.39 is 71.4 Å². The lowest BCUT2D eigenvalue weighted by molar-refractivity contribution is -0.166. The van der Waals surface area contributed by atoms with Crippen molar-refractivity contribution in [2.75, 3.05) is 34.0 Å². The van der Waals surface area contributed by atoms with Gasteiger partial charge in [-0.1, -0.05) is 73.1 Å². The zero-order chi connectivity index (χ0) is 43.8. The lowest BCUT2D eigenvalue weighted by atomic mass is 9.81. The average Bonchev–Trinajstić information content (AvgIpc) is 3.65. The molecule has 2 aliphatic rings. The van der Waals surface area contributed by atoms with E-state index in [1.54, 1.807) is 64.9 Å². The van der Waals surface area contributed by atoms with E-state index in [2.05, 4.69) is 5.32 Å². The number of hydrogen-bond donors (Lipinski definition) is 2. The number of aliphatic hydroxyl groups excluding tert-OH is 1. The first-order chi connectivity index (χ1) is 27.0. The maximum atomic E-state index is 14.3. The van der Waals surface area contributed by atoms with Gasteiger partial charge in [-0.15, -0.1) is 11.8 Å². The molecule has 0 aromatic heterocycles. The van der Waals surface area contributed by atoms with E-state index in [1.807, 2.05) is 60.6 Å². The van der Waals surface area contributed by atoms with Crippen molar-refractivity contribution in [3.8, 4) is 5.75 Å². The molecule has 1 aromatic rings. The number of hydrogen-bond acceptors (Lipinski definition) is 10. The van der Waals surface area contributed by atoms with E-state index in [4.69, 9.17) is 14.5 Å². The van der Waals surface area contributed by atoms with E-state index in [9.17, 15) is 29.1 Å². The number of ether oxygens (including phenoxy) is 2. The molecule has 4 amide bonds. The van der Waals surface area contributed by atoms with Gasteiger partial charge in [0.25, 0.3) is 0 Å². The summed E-state index contributed by atoms with van der Waals surface area (Å²) in [6, 6.07) is 2.92. The predicted octanol–water partition coefficient (Wildman–Crippen LogP) is 5.13. The van der Waals surface area contributed by atoms with Crippen LogP contribution in [-0.4, -0.2) is 131 Å². The van der Waals surface area contributed by atoms with Crippen molar-refractivity contribution in [3.63, 3.8) is 0 Å². The fraction of sp³-hybridized carbons (Fsp3) is 0.682. The second kappa shape index (κ2) is 20.9. The molecular formula is C44H69N5O8S. The van der Waals surface area contributed by atoms with Crippen LogP contribution in [0.15, 0.2) is 40.9 Å². The first-order valence-electron chi connectivity index (χ1n) is 20.5. The third-order valence-corrected chi connectivity index (χ3v) is 13.2. The molecule has 0 saturated heterocycles. The molecule has 0 spiro atoms. The fourth-order valence-electron chi connectivity index (χ4n) is 7.24. The summed E-state index contributed by atoms with van der Waals surface area (Å²) in [6.45, 7) is 18.7. The van der Waals surface area contributed by atoms with E-state index in [-0.39, 0.29) is 30.2 Å². The number of aliphatic hydroxyl groups is 1. The van der Waals surface area contributed by atoms with Crippen LogP contribution in [0.5, 0.6) is 5.75 Å². The van der Waals surface area contributed by atoms with Crippen molar-refractivity contribution in [2.45, 2.75) is 137 Å². The van der Waals surface area contributed by atoms with Crippen LogP contribution in [-0.2, 0) is 35.1 Å². The van der Waals surface area contributed by atoms with E-state index in [0.29, 0.717) is 36.3 Å². The van der Waals surface area contributed by atoms with Gasteiger partial charge < -0.3 is 34.6 Å². The summed E-state index contributed by atoms with van der Waals surface area (Å²) < 4.78 is 11.5. The Morgan fingerprint density at radius 2 is 1.53 bits per heavy atom. The van der Waals surface area contributed by atoms with Crippen LogP contribution in [0.1, 0.15) is 94.1 Å². The van der Waals surface area contributed by atoms with Gasteiger partial charge in [-0.05, 0) is 68.6 Å². The standard InChI is InChI=1S/C44H69N5O8S/c1-15-26(3)37-42(54)48(12)30(7)43(55)57-36(44(8,9)10)21-25(2)20-35(50)28(5)39-45-32(24-58-39)22-27(4)38(51)46-34(23-31-16-18-33(56-14)19-17-31)41(53)47(11)29(6)40(52)49(37)13/h16-19,22,25-26,28-30,32,34-37,50H,15,20-21,23-24H2,1-14H3,(H,46,51)/b27-22+/t25-,26-,28+,29-,30-,32-,34-,35-,36-,37?/m0/s1. The van der Waals surface area contributed by atoms with Gasteiger partial charge in [-0.25, -0.2) is 4.79 Å². The number of thioether (sulfide) groups is 1. The van der Waals surface area contributed by atoms with Gasteiger partial charge >= 0.3 is 5.97 Å². The number of fused-ring (bicyclic) bond motifs is 1. The number of carbonyl (C=O) groups is 5. The fourth-order valence-corrected chi connectivity index (χ4v) is 8.38. The Morgan fingerprint density at radius 1 is 0.931 bits per heavy atom. The molecule has 2 bridgehead atoms. The number of aliphatic imine (C=N–C) groups is 1.